The molecule has 1 saturated carbocycles. The van der Waals surface area contributed by atoms with E-state index in [1.807, 2.05) is 0 Å². The van der Waals surface area contributed by atoms with Crippen molar-refractivity contribution in [3.05, 3.63) is 67.9 Å². The molecule has 0 atom stereocenters. The van der Waals surface area contributed by atoms with Crippen LogP contribution in [-0.4, -0.2) is 30.0 Å². The van der Waals surface area contributed by atoms with Crippen molar-refractivity contribution in [3.8, 4) is 5.75 Å². The third-order valence-corrected chi connectivity index (χ3v) is 4.94. The van der Waals surface area contributed by atoms with E-state index in [-0.39, 0.29) is 40.8 Å². The number of aromatic hydroxyl groups is 1. The Morgan fingerprint density at radius 1 is 1.13 bits per heavy atom. The summed E-state index contributed by atoms with van der Waals surface area (Å²) in [5.74, 6) is 1.76. The lowest BCUT2D eigenvalue weighted by atomic mass is 10.1. The Morgan fingerprint density at radius 2 is 1.77 bits per heavy atom. The number of para-hydroxylation sites is 1. The number of phenolic OH excluding ortho intramolecular Hbond substituents is 1. The predicted octanol–water partition coefficient (Wildman–Crippen LogP) is 3.36. The Bertz CT molecular complexity index is 1150. The van der Waals surface area contributed by atoms with Gasteiger partial charge in [0.2, 0.25) is 0 Å². The molecule has 31 heavy (non-hydrogen) atoms. The van der Waals surface area contributed by atoms with Crippen LogP contribution in [0.5, 0.6) is 5.75 Å². The van der Waals surface area contributed by atoms with Crippen molar-refractivity contribution in [1.29, 1.82) is 0 Å². The van der Waals surface area contributed by atoms with Crippen LogP contribution < -0.4 is 21.5 Å². The lowest BCUT2D eigenvalue weighted by Crippen LogP contribution is -2.36. The molecular formula is C23H27N3O5. The number of carbonyl (C=O) groups excluding carboxylic acids is 1. The summed E-state index contributed by atoms with van der Waals surface area (Å²) in [7, 11) is 3.13. The number of hydrogen-bond donors (Lipinski definition) is 3. The lowest BCUT2D eigenvalue weighted by Gasteiger charge is -2.17. The smallest absolute Gasteiger partial charge is 0.257 e. The Kier molecular flexibility index (Phi) is 6.48. The molecule has 4 rings (SSSR count). The van der Waals surface area contributed by atoms with E-state index in [0.717, 1.165) is 11.7 Å². The first-order valence-electron chi connectivity index (χ1n) is 10.1. The maximum atomic E-state index is 12.1. The van der Waals surface area contributed by atoms with Crippen LogP contribution in [0.15, 0.2) is 44.3 Å². The SMILES string of the molecule is CC1CC1.Cc1ccc(CNc2c(Nc3cccc(C(=O)N(C)C)c3O)c(=O)c2=O)o1. The molecule has 1 aromatic heterocycles. The molecule has 2 aromatic carbocycles. The van der Waals surface area contributed by atoms with Gasteiger partial charge in [-0.1, -0.05) is 25.8 Å². The van der Waals surface area contributed by atoms with Crippen LogP contribution >= 0.6 is 0 Å². The molecule has 0 bridgehead atoms. The molecular weight excluding hydrogens is 398 g/mol. The zero-order chi connectivity index (χ0) is 22.7. The van der Waals surface area contributed by atoms with Crippen molar-refractivity contribution >= 4 is 23.0 Å². The van der Waals surface area contributed by atoms with Gasteiger partial charge in [-0.05, 0) is 37.1 Å². The Balaban J connectivity index is 0.000000610. The molecule has 0 unspecified atom stereocenters. The average Bonchev–Trinajstić information content (AvgIpc) is 3.42. The number of aryl methyl sites for hydroxylation is 1. The number of furan rings is 1. The van der Waals surface area contributed by atoms with Crippen LogP contribution in [-0.2, 0) is 6.54 Å². The highest BCUT2D eigenvalue weighted by Gasteiger charge is 2.23. The number of carbonyl (C=O) groups is 1. The summed E-state index contributed by atoms with van der Waals surface area (Å²) in [5.41, 5.74) is -0.959. The number of nitrogens with one attached hydrogen (secondary N) is 2. The van der Waals surface area contributed by atoms with Gasteiger partial charge in [0.25, 0.3) is 16.8 Å². The maximum Gasteiger partial charge on any atom is 0.257 e. The van der Waals surface area contributed by atoms with Gasteiger partial charge >= 0.3 is 0 Å². The second-order valence-corrected chi connectivity index (χ2v) is 7.98. The first-order chi connectivity index (χ1) is 14.7. The highest BCUT2D eigenvalue weighted by atomic mass is 16.3. The fourth-order valence-electron chi connectivity index (χ4n) is 2.79. The molecule has 1 aliphatic carbocycles. The summed E-state index contributed by atoms with van der Waals surface area (Å²) in [5, 5.41) is 16.0. The van der Waals surface area contributed by atoms with Gasteiger partial charge < -0.3 is 25.1 Å². The summed E-state index contributed by atoms with van der Waals surface area (Å²) in [6.45, 7) is 4.32. The molecule has 0 spiro atoms. The van der Waals surface area contributed by atoms with Crippen LogP contribution in [0.2, 0.25) is 0 Å². The van der Waals surface area contributed by atoms with Crippen molar-refractivity contribution in [2.24, 2.45) is 5.92 Å². The molecule has 1 fully saturated rings. The van der Waals surface area contributed by atoms with E-state index in [0.29, 0.717) is 5.76 Å². The molecule has 164 valence electrons. The number of phenols is 1. The Labute approximate surface area is 180 Å². The van der Waals surface area contributed by atoms with Gasteiger partial charge in [0.15, 0.2) is 5.75 Å². The highest BCUT2D eigenvalue weighted by molar-refractivity contribution is 5.99. The minimum Gasteiger partial charge on any atom is -0.505 e. The molecule has 1 aliphatic rings. The molecule has 3 N–H and O–H groups in total. The third kappa shape index (κ3) is 5.14. The molecule has 0 radical (unpaired) electrons. The fourth-order valence-corrected chi connectivity index (χ4v) is 2.79. The maximum absolute atomic E-state index is 12.1. The van der Waals surface area contributed by atoms with Crippen LogP contribution in [0.4, 0.5) is 17.1 Å². The van der Waals surface area contributed by atoms with E-state index in [1.54, 1.807) is 39.2 Å². The Hall–Kier alpha value is -3.55. The van der Waals surface area contributed by atoms with Gasteiger partial charge in [-0.25, -0.2) is 0 Å². The van der Waals surface area contributed by atoms with E-state index in [2.05, 4.69) is 17.6 Å². The summed E-state index contributed by atoms with van der Waals surface area (Å²) in [6.07, 6.45) is 2.97. The summed E-state index contributed by atoms with van der Waals surface area (Å²) in [6, 6.07) is 8.12. The zero-order valence-electron chi connectivity index (χ0n) is 18.1. The van der Waals surface area contributed by atoms with Crippen molar-refractivity contribution in [1.82, 2.24) is 4.90 Å². The largest absolute Gasteiger partial charge is 0.505 e. The minimum atomic E-state index is -0.697. The van der Waals surface area contributed by atoms with E-state index in [9.17, 15) is 19.5 Å². The van der Waals surface area contributed by atoms with Crippen LogP contribution in [0.25, 0.3) is 0 Å². The van der Waals surface area contributed by atoms with Crippen LogP contribution in [0.3, 0.4) is 0 Å². The highest BCUT2D eigenvalue weighted by Crippen LogP contribution is 2.32. The quantitative estimate of drug-likeness (QED) is 0.410. The molecule has 1 amide bonds. The van der Waals surface area contributed by atoms with Crippen LogP contribution in [0, 0.1) is 12.8 Å². The molecule has 3 aromatic rings. The van der Waals surface area contributed by atoms with Gasteiger partial charge in [-0.2, -0.15) is 0 Å². The molecule has 0 aliphatic heterocycles. The standard InChI is InChI=1S/C19H19N3O5.C4H8/c1-10-7-8-11(27-10)9-20-14-15(18(25)17(14)24)21-13-6-4-5-12(16(13)23)19(26)22(2)3;1-4-2-3-4/h4-8,20-21,23H,9H2,1-3H3;4H,2-3H2,1H3. The number of anilines is 3. The second-order valence-electron chi connectivity index (χ2n) is 7.98. The number of rotatable bonds is 6. The van der Waals surface area contributed by atoms with Gasteiger partial charge in [0.1, 0.15) is 22.9 Å². The van der Waals surface area contributed by atoms with Crippen molar-refractivity contribution in [2.75, 3.05) is 24.7 Å². The monoisotopic (exact) mass is 425 g/mol. The van der Waals surface area contributed by atoms with Gasteiger partial charge in [0, 0.05) is 14.1 Å². The average molecular weight is 425 g/mol. The number of nitrogens with zero attached hydrogens (tertiary/aromatic N) is 1. The summed E-state index contributed by atoms with van der Waals surface area (Å²) < 4.78 is 5.42. The van der Waals surface area contributed by atoms with Crippen molar-refractivity contribution < 1.29 is 14.3 Å². The number of amides is 1. The van der Waals surface area contributed by atoms with E-state index in [1.165, 1.54) is 29.9 Å². The van der Waals surface area contributed by atoms with Gasteiger partial charge in [0.05, 0.1) is 17.8 Å². The van der Waals surface area contributed by atoms with E-state index in [4.69, 9.17) is 4.42 Å². The zero-order valence-corrected chi connectivity index (χ0v) is 18.1. The first kappa shape index (κ1) is 22.1. The topological polar surface area (TPSA) is 112 Å². The van der Waals surface area contributed by atoms with Crippen LogP contribution in [0.1, 0.15) is 41.6 Å². The third-order valence-electron chi connectivity index (χ3n) is 4.94. The minimum absolute atomic E-state index is 0.0352. The Morgan fingerprint density at radius 3 is 2.32 bits per heavy atom. The summed E-state index contributed by atoms with van der Waals surface area (Å²) in [4.78, 5) is 37.3. The molecule has 1 heterocycles. The number of benzene rings is 1. The molecule has 8 heteroatoms. The van der Waals surface area contributed by atoms with E-state index >= 15 is 0 Å². The second kappa shape index (κ2) is 9.07. The first-order valence-corrected chi connectivity index (χ1v) is 10.1. The van der Waals surface area contributed by atoms with Crippen molar-refractivity contribution in [3.63, 3.8) is 0 Å². The molecule has 8 nitrogen and oxygen atoms in total. The fraction of sp³-hybridized carbons (Fsp3) is 0.348. The lowest BCUT2D eigenvalue weighted by molar-refractivity contribution is 0.0824. The predicted molar refractivity (Wildman–Crippen MR) is 120 cm³/mol. The van der Waals surface area contributed by atoms with Gasteiger partial charge in [-0.3, -0.25) is 14.4 Å². The molecule has 0 saturated heterocycles. The van der Waals surface area contributed by atoms with E-state index < -0.39 is 10.9 Å². The number of hydrogen-bond acceptors (Lipinski definition) is 7. The summed E-state index contributed by atoms with van der Waals surface area (Å²) >= 11 is 0. The van der Waals surface area contributed by atoms with Crippen molar-refractivity contribution in [2.45, 2.75) is 33.2 Å². The van der Waals surface area contributed by atoms with Gasteiger partial charge in [-0.15, -0.1) is 0 Å². The normalized spacial score (nSPS) is 12.8.